The van der Waals surface area contributed by atoms with Crippen LogP contribution in [-0.2, 0) is 17.5 Å². The Morgan fingerprint density at radius 1 is 1.45 bits per heavy atom. The number of halogens is 3. The van der Waals surface area contributed by atoms with Gasteiger partial charge in [0.1, 0.15) is 5.69 Å². The monoisotopic (exact) mass is 288 g/mol. The Hall–Kier alpha value is -1.63. The SMILES string of the molecule is O=C(CC1(O)CCC1)NCc1ccnc(C(F)(F)F)c1. The van der Waals surface area contributed by atoms with E-state index in [1.807, 2.05) is 0 Å². The van der Waals surface area contributed by atoms with Crippen molar-refractivity contribution in [1.82, 2.24) is 10.3 Å². The molecule has 1 fully saturated rings. The number of alkyl halides is 3. The van der Waals surface area contributed by atoms with Gasteiger partial charge in [-0.1, -0.05) is 0 Å². The highest BCUT2D eigenvalue weighted by Gasteiger charge is 2.36. The minimum absolute atomic E-state index is 0.00971. The molecular formula is C13H15F3N2O2. The molecule has 0 bridgehead atoms. The average molecular weight is 288 g/mol. The smallest absolute Gasteiger partial charge is 0.389 e. The Bertz CT molecular complexity index is 499. The summed E-state index contributed by atoms with van der Waals surface area (Å²) in [5.41, 5.74) is -1.59. The molecular weight excluding hydrogens is 273 g/mol. The highest BCUT2D eigenvalue weighted by molar-refractivity contribution is 5.77. The fraction of sp³-hybridized carbons (Fsp3) is 0.538. The van der Waals surface area contributed by atoms with Gasteiger partial charge in [-0.15, -0.1) is 0 Å². The number of carbonyl (C=O) groups is 1. The van der Waals surface area contributed by atoms with Gasteiger partial charge in [-0.25, -0.2) is 0 Å². The zero-order valence-electron chi connectivity index (χ0n) is 10.7. The second-order valence-electron chi connectivity index (χ2n) is 5.08. The third-order valence-corrected chi connectivity index (χ3v) is 3.38. The minimum Gasteiger partial charge on any atom is -0.389 e. The largest absolute Gasteiger partial charge is 0.433 e. The van der Waals surface area contributed by atoms with Gasteiger partial charge < -0.3 is 10.4 Å². The fourth-order valence-corrected chi connectivity index (χ4v) is 2.06. The van der Waals surface area contributed by atoms with E-state index < -0.39 is 17.5 Å². The van der Waals surface area contributed by atoms with Crippen molar-refractivity contribution in [3.63, 3.8) is 0 Å². The van der Waals surface area contributed by atoms with E-state index in [-0.39, 0.29) is 18.9 Å². The Morgan fingerprint density at radius 2 is 2.15 bits per heavy atom. The van der Waals surface area contributed by atoms with Crippen molar-refractivity contribution in [2.24, 2.45) is 0 Å². The second-order valence-corrected chi connectivity index (χ2v) is 5.08. The molecule has 1 aliphatic carbocycles. The molecule has 1 amide bonds. The summed E-state index contributed by atoms with van der Waals surface area (Å²) in [5.74, 6) is -0.363. The first-order valence-corrected chi connectivity index (χ1v) is 6.30. The lowest BCUT2D eigenvalue weighted by Gasteiger charge is -2.35. The normalized spacial score (nSPS) is 17.4. The molecule has 1 aromatic rings. The molecule has 0 radical (unpaired) electrons. The number of hydrogen-bond acceptors (Lipinski definition) is 3. The molecule has 0 spiro atoms. The van der Waals surface area contributed by atoms with Crippen LogP contribution in [0.25, 0.3) is 0 Å². The first kappa shape index (κ1) is 14.8. The molecule has 0 aromatic carbocycles. The predicted octanol–water partition coefficient (Wildman–Crippen LogP) is 2.02. The van der Waals surface area contributed by atoms with Crippen LogP contribution in [0.2, 0.25) is 0 Å². The van der Waals surface area contributed by atoms with Crippen LogP contribution in [0.4, 0.5) is 13.2 Å². The molecule has 1 aromatic heterocycles. The van der Waals surface area contributed by atoms with Crippen LogP contribution in [-0.4, -0.2) is 21.6 Å². The van der Waals surface area contributed by atoms with Crippen molar-refractivity contribution in [2.75, 3.05) is 0 Å². The number of aliphatic hydroxyl groups is 1. The number of nitrogens with one attached hydrogen (secondary N) is 1. The van der Waals surface area contributed by atoms with E-state index in [1.165, 1.54) is 6.07 Å². The minimum atomic E-state index is -4.50. The van der Waals surface area contributed by atoms with Crippen LogP contribution in [0.3, 0.4) is 0 Å². The fourth-order valence-electron chi connectivity index (χ4n) is 2.06. The summed E-state index contributed by atoms with van der Waals surface area (Å²) in [6.45, 7) is -0.0134. The van der Waals surface area contributed by atoms with Crippen LogP contribution in [0.1, 0.15) is 36.9 Å². The first-order chi connectivity index (χ1) is 9.28. The number of nitrogens with zero attached hydrogens (tertiary/aromatic N) is 1. The molecule has 7 heteroatoms. The second kappa shape index (κ2) is 5.40. The Labute approximate surface area is 114 Å². The highest BCUT2D eigenvalue weighted by atomic mass is 19.4. The van der Waals surface area contributed by atoms with E-state index in [1.54, 1.807) is 0 Å². The molecule has 110 valence electrons. The van der Waals surface area contributed by atoms with E-state index in [9.17, 15) is 23.1 Å². The highest BCUT2D eigenvalue weighted by Crippen LogP contribution is 2.34. The van der Waals surface area contributed by atoms with E-state index in [2.05, 4.69) is 10.3 Å². The van der Waals surface area contributed by atoms with Gasteiger partial charge in [0, 0.05) is 12.7 Å². The molecule has 1 heterocycles. The van der Waals surface area contributed by atoms with Gasteiger partial charge >= 0.3 is 6.18 Å². The van der Waals surface area contributed by atoms with Crippen LogP contribution in [0.15, 0.2) is 18.3 Å². The Balaban J connectivity index is 1.89. The molecule has 1 aliphatic rings. The van der Waals surface area contributed by atoms with Crippen molar-refractivity contribution in [3.8, 4) is 0 Å². The van der Waals surface area contributed by atoms with Gasteiger partial charge in [-0.05, 0) is 37.0 Å². The molecule has 0 aliphatic heterocycles. The summed E-state index contributed by atoms with van der Waals surface area (Å²) in [5, 5.41) is 12.3. The number of rotatable bonds is 4. The summed E-state index contributed by atoms with van der Waals surface area (Å²) in [7, 11) is 0. The van der Waals surface area contributed by atoms with E-state index in [0.29, 0.717) is 18.4 Å². The number of hydrogen-bond donors (Lipinski definition) is 2. The zero-order chi connectivity index (χ0) is 14.8. The molecule has 1 saturated carbocycles. The number of carbonyl (C=O) groups excluding carboxylic acids is 1. The molecule has 20 heavy (non-hydrogen) atoms. The maximum absolute atomic E-state index is 12.5. The summed E-state index contributed by atoms with van der Waals surface area (Å²) in [6.07, 6.45) is -1.38. The first-order valence-electron chi connectivity index (χ1n) is 6.30. The topological polar surface area (TPSA) is 62.2 Å². The van der Waals surface area contributed by atoms with E-state index in [4.69, 9.17) is 0 Å². The van der Waals surface area contributed by atoms with Gasteiger partial charge in [0.15, 0.2) is 0 Å². The molecule has 0 unspecified atom stereocenters. The van der Waals surface area contributed by atoms with Crippen LogP contribution < -0.4 is 5.32 Å². The van der Waals surface area contributed by atoms with Gasteiger partial charge in [0.05, 0.1) is 12.0 Å². The van der Waals surface area contributed by atoms with Gasteiger partial charge in [-0.3, -0.25) is 9.78 Å². The third kappa shape index (κ3) is 3.69. The third-order valence-electron chi connectivity index (χ3n) is 3.38. The van der Waals surface area contributed by atoms with Crippen molar-refractivity contribution in [1.29, 1.82) is 0 Å². The lowest BCUT2D eigenvalue weighted by atomic mass is 9.78. The van der Waals surface area contributed by atoms with Crippen molar-refractivity contribution in [2.45, 2.75) is 44.0 Å². The predicted molar refractivity (Wildman–Crippen MR) is 64.5 cm³/mol. The molecule has 2 rings (SSSR count). The Morgan fingerprint density at radius 3 is 2.70 bits per heavy atom. The van der Waals surface area contributed by atoms with Gasteiger partial charge in [0.25, 0.3) is 0 Å². The summed E-state index contributed by atoms with van der Waals surface area (Å²) < 4.78 is 37.4. The number of amides is 1. The zero-order valence-corrected chi connectivity index (χ0v) is 10.7. The van der Waals surface area contributed by atoms with Gasteiger partial charge in [-0.2, -0.15) is 13.2 Å². The summed E-state index contributed by atoms with van der Waals surface area (Å²) in [6, 6.07) is 2.31. The molecule has 0 saturated heterocycles. The van der Waals surface area contributed by atoms with Crippen LogP contribution in [0, 0.1) is 0 Å². The lowest BCUT2D eigenvalue weighted by Crippen LogP contribution is -2.42. The Kier molecular flexibility index (Phi) is 3.99. The summed E-state index contributed by atoms with van der Waals surface area (Å²) >= 11 is 0. The quantitative estimate of drug-likeness (QED) is 0.891. The van der Waals surface area contributed by atoms with Crippen molar-refractivity contribution < 1.29 is 23.1 Å². The maximum atomic E-state index is 12.5. The lowest BCUT2D eigenvalue weighted by molar-refractivity contribution is -0.141. The molecule has 2 N–H and O–H groups in total. The van der Waals surface area contributed by atoms with E-state index >= 15 is 0 Å². The van der Waals surface area contributed by atoms with Crippen molar-refractivity contribution in [3.05, 3.63) is 29.6 Å². The average Bonchev–Trinajstić information content (AvgIpc) is 2.34. The molecule has 0 atom stereocenters. The number of aromatic nitrogens is 1. The van der Waals surface area contributed by atoms with Crippen molar-refractivity contribution >= 4 is 5.91 Å². The number of pyridine rings is 1. The van der Waals surface area contributed by atoms with Crippen LogP contribution in [0.5, 0.6) is 0 Å². The van der Waals surface area contributed by atoms with Gasteiger partial charge in [0.2, 0.25) is 5.91 Å². The van der Waals surface area contributed by atoms with Crippen LogP contribution >= 0.6 is 0 Å². The van der Waals surface area contributed by atoms with E-state index in [0.717, 1.165) is 18.7 Å². The standard InChI is InChI=1S/C13H15F3N2O2/c14-13(15,16)10-6-9(2-5-17-10)8-18-11(19)7-12(20)3-1-4-12/h2,5-6,20H,1,3-4,7-8H2,(H,18,19). The maximum Gasteiger partial charge on any atom is 0.433 e. The molecule has 4 nitrogen and oxygen atoms in total. The summed E-state index contributed by atoms with van der Waals surface area (Å²) in [4.78, 5) is 14.8.